The highest BCUT2D eigenvalue weighted by Crippen LogP contribution is 2.10. The van der Waals surface area contributed by atoms with Crippen molar-refractivity contribution in [3.63, 3.8) is 0 Å². The maximum absolute atomic E-state index is 8.54. The zero-order valence-electron chi connectivity index (χ0n) is 5.39. The zero-order valence-corrected chi connectivity index (χ0v) is 6.98. The standard InChI is InChI=1S/C6H13BrO/c1-5(2)3-6(7)4-8/h5-6,8H,3-4H2,1-2H3/t6-/m1/s1. The van der Waals surface area contributed by atoms with Gasteiger partial charge in [-0.05, 0) is 12.3 Å². The van der Waals surface area contributed by atoms with Crippen LogP contribution in [0.3, 0.4) is 0 Å². The van der Waals surface area contributed by atoms with Crippen LogP contribution in [0.15, 0.2) is 0 Å². The smallest absolute Gasteiger partial charge is 0.0556 e. The van der Waals surface area contributed by atoms with Gasteiger partial charge in [0.25, 0.3) is 0 Å². The van der Waals surface area contributed by atoms with Crippen LogP contribution in [0.1, 0.15) is 20.3 Å². The van der Waals surface area contributed by atoms with Crippen molar-refractivity contribution in [1.82, 2.24) is 0 Å². The number of aliphatic hydroxyl groups excluding tert-OH is 1. The Labute approximate surface area is 59.2 Å². The molecule has 50 valence electrons. The van der Waals surface area contributed by atoms with Gasteiger partial charge in [-0.3, -0.25) is 0 Å². The monoisotopic (exact) mass is 180 g/mol. The summed E-state index contributed by atoms with van der Waals surface area (Å²) < 4.78 is 0. The van der Waals surface area contributed by atoms with E-state index in [1.165, 1.54) is 0 Å². The van der Waals surface area contributed by atoms with E-state index in [0.717, 1.165) is 6.42 Å². The van der Waals surface area contributed by atoms with Gasteiger partial charge in [0.1, 0.15) is 0 Å². The minimum atomic E-state index is 0.248. The van der Waals surface area contributed by atoms with E-state index in [1.54, 1.807) is 0 Å². The second-order valence-corrected chi connectivity index (χ2v) is 3.70. The lowest BCUT2D eigenvalue weighted by molar-refractivity contribution is 0.285. The number of rotatable bonds is 3. The SMILES string of the molecule is CC(C)C[C@@H](Br)CO. The summed E-state index contributed by atoms with van der Waals surface area (Å²) in [6.45, 7) is 4.53. The lowest BCUT2D eigenvalue weighted by atomic mass is 10.1. The fourth-order valence-electron chi connectivity index (χ4n) is 0.586. The second kappa shape index (κ2) is 4.33. The predicted molar refractivity (Wildman–Crippen MR) is 39.3 cm³/mol. The molecule has 0 amide bonds. The highest BCUT2D eigenvalue weighted by molar-refractivity contribution is 9.09. The van der Waals surface area contributed by atoms with Crippen LogP contribution in [0, 0.1) is 5.92 Å². The third-order valence-corrected chi connectivity index (χ3v) is 1.59. The molecule has 0 bridgehead atoms. The summed E-state index contributed by atoms with van der Waals surface area (Å²) in [5.41, 5.74) is 0. The summed E-state index contributed by atoms with van der Waals surface area (Å²) >= 11 is 3.33. The van der Waals surface area contributed by atoms with Crippen molar-refractivity contribution in [2.24, 2.45) is 5.92 Å². The molecule has 0 spiro atoms. The van der Waals surface area contributed by atoms with Crippen molar-refractivity contribution in [3.8, 4) is 0 Å². The van der Waals surface area contributed by atoms with Gasteiger partial charge in [0, 0.05) is 4.83 Å². The van der Waals surface area contributed by atoms with Crippen molar-refractivity contribution in [3.05, 3.63) is 0 Å². The van der Waals surface area contributed by atoms with Crippen LogP contribution in [0.4, 0.5) is 0 Å². The van der Waals surface area contributed by atoms with Crippen LogP contribution < -0.4 is 0 Å². The quantitative estimate of drug-likeness (QED) is 0.658. The van der Waals surface area contributed by atoms with Crippen LogP contribution in [0.25, 0.3) is 0 Å². The third kappa shape index (κ3) is 4.60. The van der Waals surface area contributed by atoms with E-state index in [9.17, 15) is 0 Å². The molecule has 0 aromatic carbocycles. The summed E-state index contributed by atoms with van der Waals surface area (Å²) in [5, 5.41) is 8.54. The summed E-state index contributed by atoms with van der Waals surface area (Å²) in [6.07, 6.45) is 1.05. The summed E-state index contributed by atoms with van der Waals surface area (Å²) in [6, 6.07) is 0. The Morgan fingerprint density at radius 3 is 2.12 bits per heavy atom. The molecule has 0 aliphatic rings. The van der Waals surface area contributed by atoms with Gasteiger partial charge in [0.05, 0.1) is 6.61 Å². The van der Waals surface area contributed by atoms with Gasteiger partial charge in [0.2, 0.25) is 0 Å². The highest BCUT2D eigenvalue weighted by atomic mass is 79.9. The van der Waals surface area contributed by atoms with E-state index < -0.39 is 0 Å². The lowest BCUT2D eigenvalue weighted by Crippen LogP contribution is -2.06. The molecular formula is C6H13BrO. The lowest BCUT2D eigenvalue weighted by Gasteiger charge is -2.07. The fraction of sp³-hybridized carbons (Fsp3) is 1.00. The molecule has 0 aliphatic heterocycles. The normalized spacial score (nSPS) is 14.6. The van der Waals surface area contributed by atoms with Gasteiger partial charge < -0.3 is 5.11 Å². The molecule has 0 saturated carbocycles. The summed E-state index contributed by atoms with van der Waals surface area (Å²) in [4.78, 5) is 0.294. The molecule has 0 aromatic rings. The molecule has 0 heterocycles. The van der Waals surface area contributed by atoms with Crippen LogP contribution in [0.2, 0.25) is 0 Å². The molecule has 0 aliphatic carbocycles. The topological polar surface area (TPSA) is 20.2 Å². The van der Waals surface area contributed by atoms with Gasteiger partial charge in [-0.15, -0.1) is 0 Å². The summed E-state index contributed by atoms with van der Waals surface area (Å²) in [7, 11) is 0. The minimum Gasteiger partial charge on any atom is -0.395 e. The molecule has 0 saturated heterocycles. The Morgan fingerprint density at radius 2 is 2.00 bits per heavy atom. The van der Waals surface area contributed by atoms with Gasteiger partial charge in [-0.25, -0.2) is 0 Å². The molecule has 0 aromatic heterocycles. The van der Waals surface area contributed by atoms with Crippen LogP contribution in [-0.4, -0.2) is 16.5 Å². The molecule has 0 rings (SSSR count). The molecule has 1 nitrogen and oxygen atoms in total. The molecule has 2 heteroatoms. The molecule has 1 N–H and O–H groups in total. The first-order valence-corrected chi connectivity index (χ1v) is 3.83. The molecule has 0 unspecified atom stereocenters. The zero-order chi connectivity index (χ0) is 6.57. The molecule has 0 fully saturated rings. The Morgan fingerprint density at radius 1 is 1.50 bits per heavy atom. The Hall–Kier alpha value is 0.440. The fourth-order valence-corrected chi connectivity index (χ4v) is 1.33. The maximum Gasteiger partial charge on any atom is 0.0556 e. The van der Waals surface area contributed by atoms with Gasteiger partial charge in [0.15, 0.2) is 0 Å². The van der Waals surface area contributed by atoms with Crippen molar-refractivity contribution in [2.75, 3.05) is 6.61 Å². The highest BCUT2D eigenvalue weighted by Gasteiger charge is 2.03. The Kier molecular flexibility index (Phi) is 4.57. The van der Waals surface area contributed by atoms with Gasteiger partial charge in [-0.2, -0.15) is 0 Å². The van der Waals surface area contributed by atoms with Crippen LogP contribution in [-0.2, 0) is 0 Å². The summed E-state index contributed by atoms with van der Waals surface area (Å²) in [5.74, 6) is 0.673. The number of halogens is 1. The molecule has 0 radical (unpaired) electrons. The van der Waals surface area contributed by atoms with Crippen LogP contribution in [0.5, 0.6) is 0 Å². The first-order chi connectivity index (χ1) is 3.66. The average molecular weight is 181 g/mol. The first kappa shape index (κ1) is 8.44. The molecular weight excluding hydrogens is 168 g/mol. The van der Waals surface area contributed by atoms with E-state index in [1.807, 2.05) is 0 Å². The third-order valence-electron chi connectivity index (χ3n) is 0.925. The molecule has 8 heavy (non-hydrogen) atoms. The average Bonchev–Trinajstić information content (AvgIpc) is 1.65. The van der Waals surface area contributed by atoms with E-state index in [2.05, 4.69) is 29.8 Å². The van der Waals surface area contributed by atoms with Crippen LogP contribution >= 0.6 is 15.9 Å². The number of hydrogen-bond acceptors (Lipinski definition) is 1. The van der Waals surface area contributed by atoms with Crippen molar-refractivity contribution >= 4 is 15.9 Å². The first-order valence-electron chi connectivity index (χ1n) is 2.91. The molecule has 1 atom stereocenters. The van der Waals surface area contributed by atoms with E-state index in [-0.39, 0.29) is 6.61 Å². The van der Waals surface area contributed by atoms with E-state index >= 15 is 0 Å². The van der Waals surface area contributed by atoms with Gasteiger partial charge in [-0.1, -0.05) is 29.8 Å². The second-order valence-electron chi connectivity index (χ2n) is 2.41. The minimum absolute atomic E-state index is 0.248. The van der Waals surface area contributed by atoms with Crippen molar-refractivity contribution in [2.45, 2.75) is 25.1 Å². The number of aliphatic hydroxyl groups is 1. The number of alkyl halides is 1. The Bertz CT molecular complexity index is 54.5. The van der Waals surface area contributed by atoms with Crippen molar-refractivity contribution < 1.29 is 5.11 Å². The van der Waals surface area contributed by atoms with E-state index in [0.29, 0.717) is 10.7 Å². The maximum atomic E-state index is 8.54. The van der Waals surface area contributed by atoms with Crippen molar-refractivity contribution in [1.29, 1.82) is 0 Å². The largest absolute Gasteiger partial charge is 0.395 e. The Balaban J connectivity index is 3.10. The van der Waals surface area contributed by atoms with Gasteiger partial charge >= 0.3 is 0 Å². The van der Waals surface area contributed by atoms with E-state index in [4.69, 9.17) is 5.11 Å². The number of hydrogen-bond donors (Lipinski definition) is 1. The predicted octanol–water partition coefficient (Wildman–Crippen LogP) is 1.79.